The summed E-state index contributed by atoms with van der Waals surface area (Å²) in [6, 6.07) is 7.20. The van der Waals surface area contributed by atoms with Crippen LogP contribution in [0.1, 0.15) is 20.7 Å². The highest BCUT2D eigenvalue weighted by Crippen LogP contribution is 2.41. The summed E-state index contributed by atoms with van der Waals surface area (Å²) in [5.41, 5.74) is 12.1. The Morgan fingerprint density at radius 3 is 2.38 bits per heavy atom. The van der Waals surface area contributed by atoms with E-state index in [2.05, 4.69) is 0 Å². The highest BCUT2D eigenvalue weighted by Gasteiger charge is 2.38. The Bertz CT molecular complexity index is 804. The number of nitrogens with zero attached hydrogens (tertiary/aromatic N) is 1. The number of hydrogen-bond acceptors (Lipinski definition) is 5. The van der Waals surface area contributed by atoms with Gasteiger partial charge in [-0.15, -0.1) is 0 Å². The van der Waals surface area contributed by atoms with E-state index in [0.29, 0.717) is 5.69 Å². The lowest BCUT2D eigenvalue weighted by atomic mass is 10.1. The smallest absolute Gasteiger partial charge is 0.266 e. The lowest BCUT2D eigenvalue weighted by molar-refractivity contribution is 0.0925. The lowest BCUT2D eigenvalue weighted by Crippen LogP contribution is -2.29. The first kappa shape index (κ1) is 13.3. The number of nitrogens with two attached hydrogens (primary N) is 2. The molecule has 2 aromatic carbocycles. The van der Waals surface area contributed by atoms with Crippen LogP contribution in [0.5, 0.6) is 5.75 Å². The van der Waals surface area contributed by atoms with Crippen LogP contribution in [0.25, 0.3) is 0 Å². The number of amides is 2. The average Bonchev–Trinajstić information content (AvgIpc) is 2.69. The topological polar surface area (TPSA) is 110 Å². The molecule has 6 nitrogen and oxygen atoms in total. The van der Waals surface area contributed by atoms with Gasteiger partial charge in [0.25, 0.3) is 11.8 Å². The number of carbonyl (C=O) groups excluding carboxylic acids is 2. The molecular formula is C14H10ClN3O3. The minimum atomic E-state index is -0.571. The molecule has 0 atom stereocenters. The van der Waals surface area contributed by atoms with Crippen LogP contribution in [0, 0.1) is 0 Å². The van der Waals surface area contributed by atoms with Gasteiger partial charge in [0.1, 0.15) is 5.02 Å². The number of nitrogen functional groups attached to an aromatic ring is 2. The molecule has 2 aromatic rings. The normalized spacial score (nSPS) is 13.7. The highest BCUT2D eigenvalue weighted by molar-refractivity contribution is 6.38. The van der Waals surface area contributed by atoms with E-state index in [1.807, 2.05) is 0 Å². The molecule has 21 heavy (non-hydrogen) atoms. The maximum absolute atomic E-state index is 12.4. The maximum Gasteiger partial charge on any atom is 0.266 e. The van der Waals surface area contributed by atoms with E-state index in [9.17, 15) is 14.7 Å². The Morgan fingerprint density at radius 2 is 1.67 bits per heavy atom. The Kier molecular flexibility index (Phi) is 2.77. The second kappa shape index (κ2) is 4.39. The molecule has 0 radical (unpaired) electrons. The largest absolute Gasteiger partial charge is 0.504 e. The number of benzene rings is 2. The third-order valence-corrected chi connectivity index (χ3v) is 3.67. The van der Waals surface area contributed by atoms with Crippen molar-refractivity contribution in [3.63, 3.8) is 0 Å². The van der Waals surface area contributed by atoms with Gasteiger partial charge in [0.05, 0.1) is 22.5 Å². The molecule has 0 bridgehead atoms. The zero-order valence-electron chi connectivity index (χ0n) is 10.6. The number of hydrogen-bond donors (Lipinski definition) is 3. The third-order valence-electron chi connectivity index (χ3n) is 3.28. The van der Waals surface area contributed by atoms with Gasteiger partial charge in [0.2, 0.25) is 0 Å². The molecular weight excluding hydrogens is 294 g/mol. The summed E-state index contributed by atoms with van der Waals surface area (Å²) in [6.45, 7) is 0. The molecule has 0 unspecified atom stereocenters. The second-order valence-electron chi connectivity index (χ2n) is 4.59. The summed E-state index contributed by atoms with van der Waals surface area (Å²) < 4.78 is 0. The predicted octanol–water partition coefficient (Wildman–Crippen LogP) is 2.01. The number of fused-ring (bicyclic) bond motifs is 1. The van der Waals surface area contributed by atoms with Crippen LogP contribution >= 0.6 is 11.6 Å². The zero-order chi connectivity index (χ0) is 15.3. The summed E-state index contributed by atoms with van der Waals surface area (Å²) in [6.07, 6.45) is 0. The van der Waals surface area contributed by atoms with Crippen molar-refractivity contribution in [3.8, 4) is 5.75 Å². The molecule has 0 fully saturated rings. The summed E-state index contributed by atoms with van der Waals surface area (Å²) in [7, 11) is 0. The Labute approximate surface area is 124 Å². The first-order valence-corrected chi connectivity index (χ1v) is 6.35. The fraction of sp³-hybridized carbons (Fsp3) is 0. The molecule has 1 aliphatic heterocycles. The number of phenols is 1. The first-order chi connectivity index (χ1) is 9.91. The Balaban J connectivity index is 2.17. The highest BCUT2D eigenvalue weighted by atomic mass is 35.5. The van der Waals surface area contributed by atoms with Gasteiger partial charge in [-0.3, -0.25) is 9.59 Å². The van der Waals surface area contributed by atoms with Gasteiger partial charge < -0.3 is 16.6 Å². The van der Waals surface area contributed by atoms with E-state index >= 15 is 0 Å². The van der Waals surface area contributed by atoms with Gasteiger partial charge in [0, 0.05) is 5.69 Å². The zero-order valence-corrected chi connectivity index (χ0v) is 11.4. The number of halogens is 1. The fourth-order valence-corrected chi connectivity index (χ4v) is 2.39. The van der Waals surface area contributed by atoms with Gasteiger partial charge in [-0.25, -0.2) is 4.90 Å². The van der Waals surface area contributed by atoms with E-state index in [1.54, 1.807) is 0 Å². The van der Waals surface area contributed by atoms with E-state index in [-0.39, 0.29) is 27.5 Å². The van der Waals surface area contributed by atoms with Crippen LogP contribution in [-0.4, -0.2) is 16.9 Å². The SMILES string of the molecule is Nc1ccc2c(c1)C(=O)N(c1ccc(N)c(Cl)c1O)C2=O. The molecule has 3 rings (SSSR count). The number of imide groups is 1. The van der Waals surface area contributed by atoms with Gasteiger partial charge in [-0.05, 0) is 30.3 Å². The molecule has 1 heterocycles. The van der Waals surface area contributed by atoms with Gasteiger partial charge in [-0.2, -0.15) is 0 Å². The van der Waals surface area contributed by atoms with Crippen molar-refractivity contribution in [1.29, 1.82) is 0 Å². The van der Waals surface area contributed by atoms with Crippen molar-refractivity contribution in [1.82, 2.24) is 0 Å². The number of anilines is 3. The summed E-state index contributed by atoms with van der Waals surface area (Å²) >= 11 is 5.85. The molecule has 0 saturated heterocycles. The van der Waals surface area contributed by atoms with Gasteiger partial charge >= 0.3 is 0 Å². The lowest BCUT2D eigenvalue weighted by Gasteiger charge is -2.16. The molecule has 0 aromatic heterocycles. The summed E-state index contributed by atoms with van der Waals surface area (Å²) in [5, 5.41) is 9.92. The van der Waals surface area contributed by atoms with Crippen molar-refractivity contribution in [2.24, 2.45) is 0 Å². The monoisotopic (exact) mass is 303 g/mol. The van der Waals surface area contributed by atoms with E-state index in [1.165, 1.54) is 30.3 Å². The molecule has 0 spiro atoms. The first-order valence-electron chi connectivity index (χ1n) is 5.97. The summed E-state index contributed by atoms with van der Waals surface area (Å²) in [5.74, 6) is -1.54. The van der Waals surface area contributed by atoms with Crippen molar-refractivity contribution < 1.29 is 14.7 Å². The number of aromatic hydroxyl groups is 1. The predicted molar refractivity (Wildman–Crippen MR) is 79.5 cm³/mol. The fourth-order valence-electron chi connectivity index (χ4n) is 2.23. The van der Waals surface area contributed by atoms with E-state index < -0.39 is 17.6 Å². The maximum atomic E-state index is 12.4. The van der Waals surface area contributed by atoms with Crippen LogP contribution in [0.3, 0.4) is 0 Å². The standard InChI is InChI=1S/C14H10ClN3O3/c15-11-9(17)3-4-10(12(11)19)18-13(20)7-2-1-6(16)5-8(7)14(18)21/h1-5,19H,16-17H2. The minimum Gasteiger partial charge on any atom is -0.504 e. The van der Waals surface area contributed by atoms with Crippen molar-refractivity contribution >= 4 is 40.5 Å². The van der Waals surface area contributed by atoms with Gasteiger partial charge in [0.15, 0.2) is 5.75 Å². The van der Waals surface area contributed by atoms with E-state index in [0.717, 1.165) is 4.90 Å². The van der Waals surface area contributed by atoms with Crippen molar-refractivity contribution in [3.05, 3.63) is 46.5 Å². The Morgan fingerprint density at radius 1 is 1.00 bits per heavy atom. The molecule has 5 N–H and O–H groups in total. The van der Waals surface area contributed by atoms with Crippen LogP contribution in [-0.2, 0) is 0 Å². The van der Waals surface area contributed by atoms with Crippen LogP contribution < -0.4 is 16.4 Å². The second-order valence-corrected chi connectivity index (χ2v) is 4.97. The molecule has 7 heteroatoms. The molecule has 2 amide bonds. The Hall–Kier alpha value is -2.73. The minimum absolute atomic E-state index is 0.0148. The van der Waals surface area contributed by atoms with Crippen LogP contribution in [0.4, 0.5) is 17.1 Å². The molecule has 0 saturated carbocycles. The molecule has 106 valence electrons. The van der Waals surface area contributed by atoms with E-state index in [4.69, 9.17) is 23.1 Å². The van der Waals surface area contributed by atoms with Crippen molar-refractivity contribution in [2.45, 2.75) is 0 Å². The third kappa shape index (κ3) is 1.80. The molecule has 1 aliphatic rings. The number of carbonyl (C=O) groups is 2. The van der Waals surface area contributed by atoms with Gasteiger partial charge in [-0.1, -0.05) is 11.6 Å². The van der Waals surface area contributed by atoms with Crippen LogP contribution in [0.15, 0.2) is 30.3 Å². The quantitative estimate of drug-likeness (QED) is 0.551. The molecule has 0 aliphatic carbocycles. The summed E-state index contributed by atoms with van der Waals surface area (Å²) in [4.78, 5) is 25.6. The van der Waals surface area contributed by atoms with Crippen LogP contribution in [0.2, 0.25) is 5.02 Å². The van der Waals surface area contributed by atoms with Crippen molar-refractivity contribution in [2.75, 3.05) is 16.4 Å². The average molecular weight is 304 g/mol. The number of phenolic OH excluding ortho intramolecular Hbond substituents is 1. The number of rotatable bonds is 1.